The Hall–Kier alpha value is -2.26. The summed E-state index contributed by atoms with van der Waals surface area (Å²) in [6, 6.07) is 9.15. The van der Waals surface area contributed by atoms with Gasteiger partial charge in [-0.3, -0.25) is 14.4 Å². The molecule has 0 fully saturated rings. The summed E-state index contributed by atoms with van der Waals surface area (Å²) in [5.74, 6) is -0.385. The minimum atomic E-state index is -0.474. The maximum absolute atomic E-state index is 12.9. The van der Waals surface area contributed by atoms with Crippen molar-refractivity contribution in [3.05, 3.63) is 46.4 Å². The third-order valence-electron chi connectivity index (χ3n) is 4.20. The van der Waals surface area contributed by atoms with Gasteiger partial charge in [-0.15, -0.1) is 11.8 Å². The molecule has 1 aromatic heterocycles. The number of aromatic amines is 1. The van der Waals surface area contributed by atoms with Crippen LogP contribution in [0.2, 0.25) is 0 Å². The van der Waals surface area contributed by atoms with E-state index >= 15 is 0 Å². The number of aromatic nitrogens is 2. The molecular weight excluding hydrogens is 398 g/mol. The summed E-state index contributed by atoms with van der Waals surface area (Å²) < 4.78 is 4.60. The normalized spacial score (nSPS) is 16.2. The van der Waals surface area contributed by atoms with Gasteiger partial charge in [-0.25, -0.2) is 4.98 Å². The molecular formula is C19H21N3O4S2. The topological polar surface area (TPSA) is 92.4 Å². The highest BCUT2D eigenvalue weighted by molar-refractivity contribution is 8.00. The number of H-pyrrole nitrogens is 1. The first-order valence-corrected chi connectivity index (χ1v) is 10.7. The lowest BCUT2D eigenvalue weighted by atomic mass is 10.2. The van der Waals surface area contributed by atoms with Crippen LogP contribution in [0.1, 0.15) is 19.0 Å². The number of ether oxygens (including phenoxy) is 1. The zero-order valence-electron chi connectivity index (χ0n) is 15.6. The molecule has 1 atom stereocenters. The summed E-state index contributed by atoms with van der Waals surface area (Å²) >= 11 is 2.93. The number of hydrogen-bond acceptors (Lipinski definition) is 7. The van der Waals surface area contributed by atoms with Crippen molar-refractivity contribution < 1.29 is 14.3 Å². The van der Waals surface area contributed by atoms with Gasteiger partial charge in [0.15, 0.2) is 5.16 Å². The maximum Gasteiger partial charge on any atom is 0.311 e. The number of hydrogen-bond donors (Lipinski definition) is 1. The third-order valence-corrected chi connectivity index (χ3v) is 6.30. The van der Waals surface area contributed by atoms with Crippen LogP contribution < -0.4 is 10.5 Å². The zero-order valence-corrected chi connectivity index (χ0v) is 17.3. The number of amides is 1. The van der Waals surface area contributed by atoms with Crippen LogP contribution in [0.5, 0.6) is 0 Å². The molecule has 9 heteroatoms. The quantitative estimate of drug-likeness (QED) is 0.452. The SMILES string of the molecule is COC(=O)Cc1cc(=O)[nH]c(SCC(=O)N2CC[C@H](C)Sc3ccccc32)n1. The molecule has 1 aliphatic heterocycles. The molecule has 0 aliphatic carbocycles. The Bertz CT molecular complexity index is 931. The number of methoxy groups -OCH3 is 1. The monoisotopic (exact) mass is 419 g/mol. The number of esters is 1. The van der Waals surface area contributed by atoms with Gasteiger partial charge in [-0.2, -0.15) is 0 Å². The smallest absolute Gasteiger partial charge is 0.311 e. The Morgan fingerprint density at radius 2 is 2.18 bits per heavy atom. The Kier molecular flexibility index (Phi) is 6.79. The molecule has 3 rings (SSSR count). The van der Waals surface area contributed by atoms with E-state index in [4.69, 9.17) is 0 Å². The molecule has 1 aromatic carbocycles. The van der Waals surface area contributed by atoms with Gasteiger partial charge in [0.05, 0.1) is 30.7 Å². The van der Waals surface area contributed by atoms with E-state index in [9.17, 15) is 14.4 Å². The van der Waals surface area contributed by atoms with E-state index in [0.29, 0.717) is 22.6 Å². The summed E-state index contributed by atoms with van der Waals surface area (Å²) in [5.41, 5.74) is 0.869. The molecule has 0 radical (unpaired) electrons. The van der Waals surface area contributed by atoms with Crippen LogP contribution in [-0.2, 0) is 20.7 Å². The predicted octanol–water partition coefficient (Wildman–Crippen LogP) is 2.50. The van der Waals surface area contributed by atoms with Gasteiger partial charge in [0.25, 0.3) is 5.56 Å². The molecule has 0 saturated heterocycles. The Labute approximate surface area is 171 Å². The van der Waals surface area contributed by atoms with E-state index < -0.39 is 5.97 Å². The second-order valence-corrected chi connectivity index (χ2v) is 8.76. The average molecular weight is 420 g/mol. The fourth-order valence-electron chi connectivity index (χ4n) is 2.82. The van der Waals surface area contributed by atoms with E-state index in [-0.39, 0.29) is 23.6 Å². The van der Waals surface area contributed by atoms with Gasteiger partial charge < -0.3 is 14.6 Å². The summed E-state index contributed by atoms with van der Waals surface area (Å²) in [6.07, 6.45) is 0.815. The first-order chi connectivity index (χ1) is 13.5. The summed E-state index contributed by atoms with van der Waals surface area (Å²) in [4.78, 5) is 45.9. The number of carbonyl (C=O) groups excluding carboxylic acids is 2. The number of anilines is 1. The number of nitrogens with zero attached hydrogens (tertiary/aromatic N) is 2. The van der Waals surface area contributed by atoms with E-state index in [0.717, 1.165) is 28.8 Å². The number of thioether (sulfide) groups is 2. The highest BCUT2D eigenvalue weighted by Gasteiger charge is 2.24. The average Bonchev–Trinajstić information content (AvgIpc) is 2.83. The van der Waals surface area contributed by atoms with Crippen molar-refractivity contribution in [1.82, 2.24) is 9.97 Å². The van der Waals surface area contributed by atoms with E-state index in [1.807, 2.05) is 24.3 Å². The fraction of sp³-hybridized carbons (Fsp3) is 0.368. The van der Waals surface area contributed by atoms with Crippen molar-refractivity contribution in [2.75, 3.05) is 24.3 Å². The Morgan fingerprint density at radius 3 is 2.96 bits per heavy atom. The molecule has 0 spiro atoms. The van der Waals surface area contributed by atoms with Crippen LogP contribution in [0.3, 0.4) is 0 Å². The largest absolute Gasteiger partial charge is 0.469 e. The molecule has 1 aliphatic rings. The van der Waals surface area contributed by atoms with Crippen molar-refractivity contribution in [2.45, 2.75) is 35.1 Å². The molecule has 1 N–H and O–H groups in total. The van der Waals surface area contributed by atoms with Crippen molar-refractivity contribution in [3.63, 3.8) is 0 Å². The standard InChI is InChI=1S/C19H21N3O4S2/c1-12-7-8-22(14-5-3-4-6-15(14)28-12)17(24)11-27-19-20-13(9-16(23)21-19)10-18(25)26-2/h3-6,9,12H,7-8,10-11H2,1-2H3,(H,20,21,23)/t12-/m0/s1. The van der Waals surface area contributed by atoms with Crippen molar-refractivity contribution >= 4 is 41.1 Å². The van der Waals surface area contributed by atoms with Crippen LogP contribution in [-0.4, -0.2) is 46.5 Å². The number of benzene rings is 1. The summed E-state index contributed by atoms with van der Waals surface area (Å²) in [7, 11) is 1.28. The van der Waals surface area contributed by atoms with Gasteiger partial charge in [0.2, 0.25) is 5.91 Å². The summed E-state index contributed by atoms with van der Waals surface area (Å²) in [6.45, 7) is 2.81. The third kappa shape index (κ3) is 5.17. The lowest BCUT2D eigenvalue weighted by Crippen LogP contribution is -2.33. The highest BCUT2D eigenvalue weighted by Crippen LogP contribution is 2.37. The first kappa shape index (κ1) is 20.5. The molecule has 148 valence electrons. The second kappa shape index (κ2) is 9.29. The zero-order chi connectivity index (χ0) is 20.1. The predicted molar refractivity (Wildman–Crippen MR) is 110 cm³/mol. The van der Waals surface area contributed by atoms with Crippen LogP contribution in [0.4, 0.5) is 5.69 Å². The molecule has 2 aromatic rings. The van der Waals surface area contributed by atoms with Gasteiger partial charge in [-0.1, -0.05) is 30.8 Å². The molecule has 0 saturated carbocycles. The minimum Gasteiger partial charge on any atom is -0.469 e. The van der Waals surface area contributed by atoms with E-state index in [2.05, 4.69) is 21.6 Å². The fourth-order valence-corrected chi connectivity index (χ4v) is 4.70. The number of rotatable bonds is 5. The number of carbonyl (C=O) groups is 2. The van der Waals surface area contributed by atoms with Crippen molar-refractivity contribution in [2.24, 2.45) is 0 Å². The van der Waals surface area contributed by atoms with Gasteiger partial charge >= 0.3 is 5.97 Å². The van der Waals surface area contributed by atoms with Crippen LogP contribution in [0.15, 0.2) is 45.2 Å². The molecule has 2 heterocycles. The maximum atomic E-state index is 12.9. The number of fused-ring (bicyclic) bond motifs is 1. The second-order valence-electron chi connectivity index (χ2n) is 6.31. The molecule has 0 unspecified atom stereocenters. The van der Waals surface area contributed by atoms with Crippen LogP contribution in [0.25, 0.3) is 0 Å². The number of nitrogens with one attached hydrogen (secondary N) is 1. The van der Waals surface area contributed by atoms with E-state index in [1.165, 1.54) is 13.2 Å². The molecule has 0 bridgehead atoms. The summed E-state index contributed by atoms with van der Waals surface area (Å²) in [5, 5.41) is 0.741. The van der Waals surface area contributed by atoms with Crippen molar-refractivity contribution in [3.8, 4) is 0 Å². The van der Waals surface area contributed by atoms with Crippen molar-refractivity contribution in [1.29, 1.82) is 0 Å². The first-order valence-electron chi connectivity index (χ1n) is 8.82. The Balaban J connectivity index is 1.72. The Morgan fingerprint density at radius 1 is 1.39 bits per heavy atom. The van der Waals surface area contributed by atoms with Gasteiger partial charge in [0, 0.05) is 22.8 Å². The lowest BCUT2D eigenvalue weighted by Gasteiger charge is -2.22. The van der Waals surface area contributed by atoms with Gasteiger partial charge in [-0.05, 0) is 18.6 Å². The number of para-hydroxylation sites is 1. The molecule has 1 amide bonds. The van der Waals surface area contributed by atoms with Gasteiger partial charge in [0.1, 0.15) is 0 Å². The van der Waals surface area contributed by atoms with E-state index in [1.54, 1.807) is 16.7 Å². The van der Waals surface area contributed by atoms with Crippen LogP contribution >= 0.6 is 23.5 Å². The minimum absolute atomic E-state index is 0.0480. The lowest BCUT2D eigenvalue weighted by molar-refractivity contribution is -0.139. The molecule has 7 nitrogen and oxygen atoms in total. The van der Waals surface area contributed by atoms with Crippen LogP contribution in [0, 0.1) is 0 Å². The highest BCUT2D eigenvalue weighted by atomic mass is 32.2. The molecule has 28 heavy (non-hydrogen) atoms.